The quantitative estimate of drug-likeness (QED) is 0.387. The van der Waals surface area contributed by atoms with Crippen molar-refractivity contribution < 1.29 is 14.3 Å². The zero-order chi connectivity index (χ0) is 21.8. The first-order valence-corrected chi connectivity index (χ1v) is 11.1. The van der Waals surface area contributed by atoms with Crippen molar-refractivity contribution >= 4 is 33.3 Å². The summed E-state index contributed by atoms with van der Waals surface area (Å²) in [7, 11) is 0. The van der Waals surface area contributed by atoms with Crippen LogP contribution in [0.4, 0.5) is 0 Å². The second-order valence-electron chi connectivity index (χ2n) is 7.43. The minimum atomic E-state index is -0.820. The lowest BCUT2D eigenvalue weighted by molar-refractivity contribution is -0.140. The Morgan fingerprint density at radius 1 is 1.00 bits per heavy atom. The van der Waals surface area contributed by atoms with Crippen LogP contribution in [0.25, 0.3) is 5.57 Å². The number of carbonyl (C=O) groups excluding carboxylic acids is 2. The Kier molecular flexibility index (Phi) is 6.42. The third-order valence-electron chi connectivity index (χ3n) is 5.39. The van der Waals surface area contributed by atoms with E-state index in [1.54, 1.807) is 24.3 Å². The third kappa shape index (κ3) is 4.67. The van der Waals surface area contributed by atoms with Crippen LogP contribution in [-0.2, 0) is 9.53 Å². The number of esters is 1. The number of nitrogens with zero attached hydrogens (tertiary/aromatic N) is 1. The molecule has 31 heavy (non-hydrogen) atoms. The Morgan fingerprint density at radius 3 is 2.39 bits per heavy atom. The van der Waals surface area contributed by atoms with Gasteiger partial charge in [-0.3, -0.25) is 9.79 Å². The van der Waals surface area contributed by atoms with Crippen LogP contribution in [0, 0.1) is 0 Å². The zero-order valence-electron chi connectivity index (χ0n) is 17.1. The Bertz CT molecular complexity index is 1220. The number of hydrogen-bond donors (Lipinski definition) is 0. The number of rotatable bonds is 6. The summed E-state index contributed by atoms with van der Waals surface area (Å²) in [5, 5.41) is 1.53. The first-order valence-electron chi connectivity index (χ1n) is 10.3. The average Bonchev–Trinajstić information content (AvgIpc) is 2.82. The number of hydrogen-bond acceptors (Lipinski definition) is 4. The summed E-state index contributed by atoms with van der Waals surface area (Å²) in [5.41, 5.74) is 2.12. The van der Waals surface area contributed by atoms with E-state index in [0.717, 1.165) is 20.6 Å². The van der Waals surface area contributed by atoms with Gasteiger partial charge in [-0.15, -0.1) is 0 Å². The van der Waals surface area contributed by atoms with E-state index in [2.05, 4.69) is 15.9 Å². The fraction of sp³-hybridized carbons (Fsp3) is 0.192. The number of halogens is 1. The normalized spacial score (nSPS) is 16.1. The van der Waals surface area contributed by atoms with Crippen molar-refractivity contribution in [3.05, 3.63) is 105 Å². The predicted molar refractivity (Wildman–Crippen MR) is 123 cm³/mol. The van der Waals surface area contributed by atoms with E-state index in [-0.39, 0.29) is 11.8 Å². The molecule has 156 valence electrons. The summed E-state index contributed by atoms with van der Waals surface area (Å²) < 4.78 is 6.73. The molecule has 0 saturated carbocycles. The fourth-order valence-corrected chi connectivity index (χ4v) is 4.00. The molecule has 5 heteroatoms. The van der Waals surface area contributed by atoms with E-state index in [1.165, 1.54) is 0 Å². The van der Waals surface area contributed by atoms with Gasteiger partial charge in [0.25, 0.3) is 0 Å². The van der Waals surface area contributed by atoms with E-state index in [4.69, 9.17) is 9.73 Å². The van der Waals surface area contributed by atoms with Crippen LogP contribution in [0.2, 0.25) is 0 Å². The Labute approximate surface area is 189 Å². The Hall–Kier alpha value is -3.05. The highest BCUT2D eigenvalue weighted by molar-refractivity contribution is 9.10. The van der Waals surface area contributed by atoms with Crippen LogP contribution >= 0.6 is 15.9 Å². The van der Waals surface area contributed by atoms with Crippen molar-refractivity contribution in [3.63, 3.8) is 0 Å². The number of fused-ring (bicyclic) bond motifs is 1. The SMILES string of the molecule is CC[C@@H](OC(=O)C1=c2ccccc2=N[C@H](c2ccc(Br)cc2)C1)C(=O)c1ccccc1. The van der Waals surface area contributed by atoms with Crippen molar-refractivity contribution in [2.24, 2.45) is 4.99 Å². The summed E-state index contributed by atoms with van der Waals surface area (Å²) in [6, 6.07) is 24.3. The smallest absolute Gasteiger partial charge is 0.335 e. The van der Waals surface area contributed by atoms with Crippen LogP contribution in [0.5, 0.6) is 0 Å². The van der Waals surface area contributed by atoms with Crippen LogP contribution in [-0.4, -0.2) is 17.9 Å². The minimum Gasteiger partial charge on any atom is -0.451 e. The lowest BCUT2D eigenvalue weighted by atomic mass is 9.95. The molecule has 0 unspecified atom stereocenters. The summed E-state index contributed by atoms with van der Waals surface area (Å²) >= 11 is 3.46. The van der Waals surface area contributed by atoms with Gasteiger partial charge in [-0.1, -0.05) is 83.5 Å². The van der Waals surface area contributed by atoms with E-state index in [0.29, 0.717) is 24.0 Å². The molecular weight excluding hydrogens is 454 g/mol. The van der Waals surface area contributed by atoms with E-state index >= 15 is 0 Å². The van der Waals surface area contributed by atoms with E-state index in [1.807, 2.05) is 61.5 Å². The molecule has 0 bridgehead atoms. The highest BCUT2D eigenvalue weighted by atomic mass is 79.9. The second-order valence-corrected chi connectivity index (χ2v) is 8.34. The molecule has 0 aromatic heterocycles. The number of ether oxygens (including phenoxy) is 1. The molecule has 0 saturated heterocycles. The predicted octanol–water partition coefficient (Wildman–Crippen LogP) is 4.57. The van der Waals surface area contributed by atoms with Gasteiger partial charge >= 0.3 is 5.97 Å². The molecule has 0 N–H and O–H groups in total. The topological polar surface area (TPSA) is 55.7 Å². The maximum atomic E-state index is 13.2. The van der Waals surface area contributed by atoms with Gasteiger partial charge < -0.3 is 4.74 Å². The fourth-order valence-electron chi connectivity index (χ4n) is 3.74. The maximum Gasteiger partial charge on any atom is 0.335 e. The molecule has 1 heterocycles. The number of para-hydroxylation sites is 1. The molecule has 3 aromatic rings. The molecule has 1 aliphatic heterocycles. The van der Waals surface area contributed by atoms with E-state index in [9.17, 15) is 9.59 Å². The van der Waals surface area contributed by atoms with Crippen LogP contribution in [0.15, 0.2) is 88.3 Å². The summed E-state index contributed by atoms with van der Waals surface area (Å²) in [6.07, 6.45) is 0.0158. The summed E-state index contributed by atoms with van der Waals surface area (Å²) in [6.45, 7) is 1.85. The molecular formula is C26H22BrNO3. The van der Waals surface area contributed by atoms with Gasteiger partial charge in [0, 0.05) is 27.2 Å². The monoisotopic (exact) mass is 475 g/mol. The zero-order valence-corrected chi connectivity index (χ0v) is 18.7. The van der Waals surface area contributed by atoms with Crippen LogP contribution in [0.1, 0.15) is 41.7 Å². The van der Waals surface area contributed by atoms with Crippen molar-refractivity contribution in [1.82, 2.24) is 0 Å². The van der Waals surface area contributed by atoms with Gasteiger partial charge in [0.05, 0.1) is 11.4 Å². The van der Waals surface area contributed by atoms with Crippen molar-refractivity contribution in [3.8, 4) is 0 Å². The average molecular weight is 476 g/mol. The maximum absolute atomic E-state index is 13.2. The number of ketones is 1. The molecule has 0 fully saturated rings. The standard InChI is InChI=1S/C26H22BrNO3/c1-2-24(25(29)18-8-4-3-5-9-18)31-26(30)21-16-23(17-12-14-19(27)15-13-17)28-22-11-7-6-10-20(21)22/h3-15,23-24H,2,16H2,1H3/t23-,24+/m0/s1. The van der Waals surface area contributed by atoms with Crippen molar-refractivity contribution in [1.29, 1.82) is 0 Å². The third-order valence-corrected chi connectivity index (χ3v) is 5.92. The molecule has 0 radical (unpaired) electrons. The van der Waals surface area contributed by atoms with Gasteiger partial charge in [-0.25, -0.2) is 4.79 Å². The number of benzene rings is 3. The Morgan fingerprint density at radius 2 is 1.68 bits per heavy atom. The molecule has 1 aliphatic rings. The largest absolute Gasteiger partial charge is 0.451 e. The highest BCUT2D eigenvalue weighted by Gasteiger charge is 2.28. The lowest BCUT2D eigenvalue weighted by Gasteiger charge is -2.21. The molecule has 0 spiro atoms. The molecule has 4 nitrogen and oxygen atoms in total. The first kappa shape index (κ1) is 21.2. The van der Waals surface area contributed by atoms with Gasteiger partial charge in [-0.2, -0.15) is 0 Å². The van der Waals surface area contributed by atoms with Crippen molar-refractivity contribution in [2.75, 3.05) is 0 Å². The first-order chi connectivity index (χ1) is 15.1. The number of Topliss-reactive ketones (excluding diaryl/α,β-unsaturated/α-hetero) is 1. The van der Waals surface area contributed by atoms with Crippen LogP contribution in [0.3, 0.4) is 0 Å². The van der Waals surface area contributed by atoms with Crippen LogP contribution < -0.4 is 10.6 Å². The Balaban J connectivity index is 1.65. The molecule has 4 rings (SSSR count). The van der Waals surface area contributed by atoms with Gasteiger partial charge in [-0.05, 0) is 30.2 Å². The van der Waals surface area contributed by atoms with Gasteiger partial charge in [0.15, 0.2) is 6.10 Å². The van der Waals surface area contributed by atoms with E-state index < -0.39 is 12.1 Å². The minimum absolute atomic E-state index is 0.185. The highest BCUT2D eigenvalue weighted by Crippen LogP contribution is 2.28. The summed E-state index contributed by atoms with van der Waals surface area (Å²) in [4.78, 5) is 30.9. The molecule has 0 aliphatic carbocycles. The van der Waals surface area contributed by atoms with Gasteiger partial charge in [0.1, 0.15) is 0 Å². The van der Waals surface area contributed by atoms with Gasteiger partial charge in [0.2, 0.25) is 5.78 Å². The van der Waals surface area contributed by atoms with Crippen molar-refractivity contribution in [2.45, 2.75) is 31.9 Å². The molecule has 3 aromatic carbocycles. The summed E-state index contributed by atoms with van der Waals surface area (Å²) in [5.74, 6) is -0.643. The molecule has 2 atom stereocenters. The lowest BCUT2D eigenvalue weighted by Crippen LogP contribution is -2.36. The molecule has 0 amide bonds. The number of carbonyl (C=O) groups is 2. The second kappa shape index (κ2) is 9.40.